The van der Waals surface area contributed by atoms with Crippen molar-refractivity contribution >= 4 is 43.6 Å². The molecule has 5 heteroatoms. The molecule has 11 rings (SSSR count). The van der Waals surface area contributed by atoms with Crippen LogP contribution in [0.5, 0.6) is 0 Å². The molecule has 256 valence electrons. The number of fused-ring (bicyclic) bond motifs is 8. The van der Waals surface area contributed by atoms with Gasteiger partial charge in [-0.15, -0.1) is 0 Å². The third kappa shape index (κ3) is 4.82. The van der Waals surface area contributed by atoms with Gasteiger partial charge in [0.25, 0.3) is 0 Å². The van der Waals surface area contributed by atoms with Gasteiger partial charge in [0.1, 0.15) is 0 Å². The highest BCUT2D eigenvalue weighted by molar-refractivity contribution is 6.23. The fourth-order valence-electron chi connectivity index (χ4n) is 8.72. The molecule has 0 aliphatic heterocycles. The van der Waals surface area contributed by atoms with E-state index in [0.717, 1.165) is 53.7 Å². The van der Waals surface area contributed by atoms with Gasteiger partial charge in [0.15, 0.2) is 17.5 Å². The molecule has 7 aromatic carbocycles. The van der Waals surface area contributed by atoms with Gasteiger partial charge in [0.05, 0.1) is 22.1 Å². The van der Waals surface area contributed by atoms with Crippen molar-refractivity contribution in [3.8, 4) is 45.5 Å². The Bertz CT molecular complexity index is 2970. The number of para-hydroxylation sites is 3. The Kier molecular flexibility index (Phi) is 7.05. The minimum absolute atomic E-state index is 0.681. The summed E-state index contributed by atoms with van der Waals surface area (Å²) < 4.78 is 4.95. The highest BCUT2D eigenvalue weighted by atomic mass is 15.1. The van der Waals surface area contributed by atoms with Gasteiger partial charge in [-0.1, -0.05) is 127 Å². The normalized spacial score (nSPS) is 12.9. The lowest BCUT2D eigenvalue weighted by molar-refractivity contribution is 0.685. The van der Waals surface area contributed by atoms with Gasteiger partial charge < -0.3 is 9.13 Å². The summed E-state index contributed by atoms with van der Waals surface area (Å²) in [6.07, 6.45) is 4.33. The van der Waals surface area contributed by atoms with E-state index in [1.54, 1.807) is 0 Å². The molecule has 54 heavy (non-hydrogen) atoms. The topological polar surface area (TPSA) is 48.5 Å². The van der Waals surface area contributed by atoms with Crippen molar-refractivity contribution in [3.63, 3.8) is 0 Å². The SMILES string of the molecule is c1ccc(-c2nc(-c3ccccc3)nc(-c3cc(-n4c5ccccc5c5ccc6c7ccccc7n(-c7ccccc7)c6c54)cc4c3CCCC4)n2)cc1. The van der Waals surface area contributed by atoms with E-state index in [4.69, 9.17) is 15.0 Å². The zero-order valence-corrected chi connectivity index (χ0v) is 29.7. The molecule has 0 fully saturated rings. The third-order valence-electron chi connectivity index (χ3n) is 11.1. The van der Waals surface area contributed by atoms with Gasteiger partial charge in [-0.3, -0.25) is 0 Å². The van der Waals surface area contributed by atoms with Crippen LogP contribution in [-0.2, 0) is 12.8 Å². The summed E-state index contributed by atoms with van der Waals surface area (Å²) in [6.45, 7) is 0. The van der Waals surface area contributed by atoms with Gasteiger partial charge >= 0.3 is 0 Å². The van der Waals surface area contributed by atoms with Crippen LogP contribution in [0.3, 0.4) is 0 Å². The van der Waals surface area contributed by atoms with E-state index in [0.29, 0.717) is 17.5 Å². The first kappa shape index (κ1) is 30.7. The molecule has 0 amide bonds. The predicted molar refractivity (Wildman–Crippen MR) is 221 cm³/mol. The maximum atomic E-state index is 5.25. The van der Waals surface area contributed by atoms with Crippen LogP contribution in [0.25, 0.3) is 89.2 Å². The molecule has 0 atom stereocenters. The fourth-order valence-corrected chi connectivity index (χ4v) is 8.72. The van der Waals surface area contributed by atoms with Crippen LogP contribution in [0.1, 0.15) is 24.0 Å². The standard InChI is InChI=1S/C49H35N5/c1-4-16-32(17-5-1)47-50-48(33-18-6-2-7-19-33)52-49(51-47)42-31-36(30-34-20-10-11-23-37(34)42)54-44-27-15-13-25-39(44)41-29-28-40-38-24-12-14-26-43(38)53(45(40)46(41)54)35-21-8-3-9-22-35/h1-9,12-19,21-22,24-31H,10-11,20,23H2. The summed E-state index contributed by atoms with van der Waals surface area (Å²) in [6, 6.07) is 58.4. The zero-order chi connectivity index (χ0) is 35.6. The molecule has 3 heterocycles. The summed E-state index contributed by atoms with van der Waals surface area (Å²) >= 11 is 0. The lowest BCUT2D eigenvalue weighted by Gasteiger charge is -2.22. The smallest absolute Gasteiger partial charge is 0.164 e. The first-order valence-corrected chi connectivity index (χ1v) is 18.8. The van der Waals surface area contributed by atoms with E-state index in [-0.39, 0.29) is 0 Å². The summed E-state index contributed by atoms with van der Waals surface area (Å²) in [7, 11) is 0. The van der Waals surface area contributed by atoms with Crippen molar-refractivity contribution in [2.45, 2.75) is 25.7 Å². The number of aryl methyl sites for hydroxylation is 1. The van der Waals surface area contributed by atoms with Crippen LogP contribution in [-0.4, -0.2) is 24.1 Å². The first-order valence-electron chi connectivity index (χ1n) is 18.8. The second-order valence-corrected chi connectivity index (χ2v) is 14.3. The highest BCUT2D eigenvalue weighted by Gasteiger charge is 2.25. The molecule has 0 saturated heterocycles. The average Bonchev–Trinajstić information content (AvgIpc) is 3.77. The van der Waals surface area contributed by atoms with Crippen molar-refractivity contribution in [3.05, 3.63) is 175 Å². The van der Waals surface area contributed by atoms with Crippen molar-refractivity contribution in [2.75, 3.05) is 0 Å². The van der Waals surface area contributed by atoms with Crippen LogP contribution < -0.4 is 0 Å². The molecule has 3 aromatic heterocycles. The second kappa shape index (κ2) is 12.4. The van der Waals surface area contributed by atoms with Gasteiger partial charge in [-0.25, -0.2) is 15.0 Å². The van der Waals surface area contributed by atoms with E-state index in [1.165, 1.54) is 54.7 Å². The van der Waals surface area contributed by atoms with Gasteiger partial charge in [0, 0.05) is 49.6 Å². The van der Waals surface area contributed by atoms with Crippen molar-refractivity contribution in [1.82, 2.24) is 24.1 Å². The maximum absolute atomic E-state index is 5.25. The molecular formula is C49H35N5. The lowest BCUT2D eigenvalue weighted by Crippen LogP contribution is -2.09. The van der Waals surface area contributed by atoms with E-state index >= 15 is 0 Å². The molecule has 10 aromatic rings. The largest absolute Gasteiger partial charge is 0.307 e. The van der Waals surface area contributed by atoms with Crippen molar-refractivity contribution in [1.29, 1.82) is 0 Å². The Labute approximate surface area is 312 Å². The van der Waals surface area contributed by atoms with Crippen LogP contribution in [0.4, 0.5) is 0 Å². The van der Waals surface area contributed by atoms with E-state index in [9.17, 15) is 0 Å². The molecule has 0 bridgehead atoms. The van der Waals surface area contributed by atoms with Crippen LogP contribution >= 0.6 is 0 Å². The zero-order valence-electron chi connectivity index (χ0n) is 29.7. The minimum atomic E-state index is 0.681. The first-order chi connectivity index (χ1) is 26.8. The quantitative estimate of drug-likeness (QED) is 0.180. The second-order valence-electron chi connectivity index (χ2n) is 14.3. The monoisotopic (exact) mass is 693 g/mol. The Hall–Kier alpha value is -6.85. The fraction of sp³-hybridized carbons (Fsp3) is 0.0816. The summed E-state index contributed by atoms with van der Waals surface area (Å²) in [5.74, 6) is 2.08. The highest BCUT2D eigenvalue weighted by Crippen LogP contribution is 2.43. The molecule has 0 saturated carbocycles. The van der Waals surface area contributed by atoms with Crippen LogP contribution in [0.2, 0.25) is 0 Å². The molecule has 0 radical (unpaired) electrons. The molecule has 1 aliphatic carbocycles. The molecule has 0 N–H and O–H groups in total. The van der Waals surface area contributed by atoms with E-state index in [2.05, 4.69) is 137 Å². The maximum Gasteiger partial charge on any atom is 0.164 e. The Morgan fingerprint density at radius 1 is 0.389 bits per heavy atom. The van der Waals surface area contributed by atoms with Gasteiger partial charge in [-0.05, 0) is 73.2 Å². The molecular weight excluding hydrogens is 659 g/mol. The number of benzene rings is 7. The van der Waals surface area contributed by atoms with Gasteiger partial charge in [0.2, 0.25) is 0 Å². The van der Waals surface area contributed by atoms with Crippen LogP contribution in [0, 0.1) is 0 Å². The van der Waals surface area contributed by atoms with Crippen molar-refractivity contribution < 1.29 is 0 Å². The minimum Gasteiger partial charge on any atom is -0.307 e. The molecule has 5 nitrogen and oxygen atoms in total. The Morgan fingerprint density at radius 3 is 1.46 bits per heavy atom. The predicted octanol–water partition coefficient (Wildman–Crippen LogP) is 11.9. The summed E-state index contributed by atoms with van der Waals surface area (Å²) in [5, 5.41) is 4.95. The number of hydrogen-bond donors (Lipinski definition) is 0. The number of rotatable bonds is 5. The third-order valence-corrected chi connectivity index (χ3v) is 11.1. The number of nitrogens with zero attached hydrogens (tertiary/aromatic N) is 5. The summed E-state index contributed by atoms with van der Waals surface area (Å²) in [5.41, 5.74) is 12.8. The number of aromatic nitrogens is 5. The summed E-state index contributed by atoms with van der Waals surface area (Å²) in [4.78, 5) is 15.5. The van der Waals surface area contributed by atoms with E-state index in [1.807, 2.05) is 36.4 Å². The lowest BCUT2D eigenvalue weighted by atomic mass is 9.87. The Balaban J connectivity index is 1.25. The average molecular weight is 694 g/mol. The number of hydrogen-bond acceptors (Lipinski definition) is 3. The van der Waals surface area contributed by atoms with Gasteiger partial charge in [-0.2, -0.15) is 0 Å². The molecule has 0 unspecified atom stereocenters. The van der Waals surface area contributed by atoms with Crippen LogP contribution in [0.15, 0.2) is 164 Å². The van der Waals surface area contributed by atoms with E-state index < -0.39 is 0 Å². The van der Waals surface area contributed by atoms with Crippen molar-refractivity contribution in [2.24, 2.45) is 0 Å². The molecule has 0 spiro atoms. The Morgan fingerprint density at radius 2 is 0.870 bits per heavy atom. The molecule has 1 aliphatic rings.